The summed E-state index contributed by atoms with van der Waals surface area (Å²) in [6.07, 6.45) is 10.6. The van der Waals surface area contributed by atoms with Gasteiger partial charge in [0.05, 0.1) is 4.90 Å². The van der Waals surface area contributed by atoms with Crippen LogP contribution in [0.1, 0.15) is 76.7 Å². The van der Waals surface area contributed by atoms with Crippen LogP contribution in [-0.4, -0.2) is 14.3 Å². The monoisotopic (exact) mass is 368 g/mol. The van der Waals surface area contributed by atoms with Crippen LogP contribution in [-0.2, 0) is 21.4 Å². The van der Waals surface area contributed by atoms with E-state index < -0.39 is 15.9 Å². The summed E-state index contributed by atoms with van der Waals surface area (Å²) in [6, 6.07) is 6.24. The quantitative estimate of drug-likeness (QED) is 0.517. The van der Waals surface area contributed by atoms with Crippen LogP contribution in [0.2, 0.25) is 0 Å². The number of amides is 1. The normalized spacial score (nSPS) is 11.4. The molecule has 1 aromatic rings. The second kappa shape index (κ2) is 12.0. The highest BCUT2D eigenvalue weighted by atomic mass is 32.2. The smallest absolute Gasteiger partial charge is 0.264 e. The third-order valence-corrected chi connectivity index (χ3v) is 5.61. The van der Waals surface area contributed by atoms with Crippen molar-refractivity contribution in [2.24, 2.45) is 5.73 Å². The lowest BCUT2D eigenvalue weighted by molar-refractivity contribution is -0.119. The Hall–Kier alpha value is -1.40. The Morgan fingerprint density at radius 3 is 1.96 bits per heavy atom. The molecule has 0 saturated carbocycles. The van der Waals surface area contributed by atoms with Gasteiger partial charge in [0.25, 0.3) is 10.0 Å². The minimum atomic E-state index is -3.79. The Labute approximate surface area is 152 Å². The van der Waals surface area contributed by atoms with E-state index in [4.69, 9.17) is 5.73 Å². The van der Waals surface area contributed by atoms with Crippen LogP contribution < -0.4 is 10.5 Å². The van der Waals surface area contributed by atoms with E-state index in [1.807, 2.05) is 0 Å². The van der Waals surface area contributed by atoms with E-state index >= 15 is 0 Å². The van der Waals surface area contributed by atoms with E-state index in [2.05, 4.69) is 11.6 Å². The van der Waals surface area contributed by atoms with Gasteiger partial charge in [-0.15, -0.1) is 0 Å². The SMILES string of the molecule is CCCCCCCCCCCC(=O)NS(=O)(=O)c1ccc(CN)cc1. The largest absolute Gasteiger partial charge is 0.326 e. The van der Waals surface area contributed by atoms with Gasteiger partial charge >= 0.3 is 0 Å². The zero-order valence-electron chi connectivity index (χ0n) is 15.3. The van der Waals surface area contributed by atoms with Gasteiger partial charge in [-0.25, -0.2) is 13.1 Å². The molecule has 0 aliphatic rings. The molecular formula is C19H32N2O3S. The zero-order chi connectivity index (χ0) is 18.5. The fourth-order valence-corrected chi connectivity index (χ4v) is 3.67. The standard InChI is InChI=1S/C19H32N2O3S/c1-2-3-4-5-6-7-8-9-10-11-19(22)21-25(23,24)18-14-12-17(16-20)13-15-18/h12-15H,2-11,16,20H2,1H3,(H,21,22). The Kier molecular flexibility index (Phi) is 10.4. The van der Waals surface area contributed by atoms with E-state index in [9.17, 15) is 13.2 Å². The highest BCUT2D eigenvalue weighted by Gasteiger charge is 2.16. The molecule has 5 nitrogen and oxygen atoms in total. The zero-order valence-corrected chi connectivity index (χ0v) is 16.1. The van der Waals surface area contributed by atoms with E-state index in [0.29, 0.717) is 6.54 Å². The van der Waals surface area contributed by atoms with Crippen molar-refractivity contribution in [3.05, 3.63) is 29.8 Å². The number of nitrogens with two attached hydrogens (primary N) is 1. The van der Waals surface area contributed by atoms with Crippen LogP contribution in [0, 0.1) is 0 Å². The fourth-order valence-electron chi connectivity index (χ4n) is 2.66. The minimum Gasteiger partial charge on any atom is -0.326 e. The van der Waals surface area contributed by atoms with Gasteiger partial charge < -0.3 is 5.73 Å². The lowest BCUT2D eigenvalue weighted by Crippen LogP contribution is -2.30. The summed E-state index contributed by atoms with van der Waals surface area (Å²) in [5.41, 5.74) is 6.34. The molecule has 1 rings (SSSR count). The molecular weight excluding hydrogens is 336 g/mol. The van der Waals surface area contributed by atoms with Crippen LogP contribution in [0.3, 0.4) is 0 Å². The number of sulfonamides is 1. The van der Waals surface area contributed by atoms with Crippen molar-refractivity contribution in [1.29, 1.82) is 0 Å². The van der Waals surface area contributed by atoms with Gasteiger partial charge in [-0.1, -0.05) is 70.4 Å². The average molecular weight is 369 g/mol. The van der Waals surface area contributed by atoms with Gasteiger partial charge in [0.2, 0.25) is 5.91 Å². The van der Waals surface area contributed by atoms with Crippen LogP contribution in [0.4, 0.5) is 0 Å². The van der Waals surface area contributed by atoms with Gasteiger partial charge in [-0.3, -0.25) is 4.79 Å². The lowest BCUT2D eigenvalue weighted by atomic mass is 10.1. The second-order valence-corrected chi connectivity index (χ2v) is 8.14. The summed E-state index contributed by atoms with van der Waals surface area (Å²) >= 11 is 0. The van der Waals surface area contributed by atoms with E-state index in [1.54, 1.807) is 12.1 Å². The van der Waals surface area contributed by atoms with E-state index in [-0.39, 0.29) is 11.3 Å². The molecule has 0 fully saturated rings. The first-order chi connectivity index (χ1) is 12.0. The summed E-state index contributed by atoms with van der Waals surface area (Å²) in [4.78, 5) is 11.9. The maximum Gasteiger partial charge on any atom is 0.264 e. The molecule has 0 aliphatic carbocycles. The maximum atomic E-state index is 12.1. The number of benzene rings is 1. The lowest BCUT2D eigenvalue weighted by Gasteiger charge is -2.07. The molecule has 142 valence electrons. The summed E-state index contributed by atoms with van der Waals surface area (Å²) < 4.78 is 26.4. The number of carbonyl (C=O) groups excluding carboxylic acids is 1. The maximum absolute atomic E-state index is 12.1. The van der Waals surface area contributed by atoms with Gasteiger partial charge in [0.15, 0.2) is 0 Å². The van der Waals surface area contributed by atoms with Crippen LogP contribution in [0.5, 0.6) is 0 Å². The molecule has 25 heavy (non-hydrogen) atoms. The number of hydrogen-bond acceptors (Lipinski definition) is 4. The molecule has 0 bridgehead atoms. The Bertz CT molecular complexity index is 598. The number of nitrogens with one attached hydrogen (secondary N) is 1. The number of hydrogen-bond donors (Lipinski definition) is 2. The van der Waals surface area contributed by atoms with Crippen molar-refractivity contribution in [2.45, 2.75) is 82.6 Å². The third kappa shape index (κ3) is 9.02. The molecule has 0 unspecified atom stereocenters. The first-order valence-corrected chi connectivity index (χ1v) is 10.8. The van der Waals surface area contributed by atoms with Crippen LogP contribution in [0.15, 0.2) is 29.2 Å². The molecule has 0 radical (unpaired) electrons. The first kappa shape index (κ1) is 21.6. The van der Waals surface area contributed by atoms with Gasteiger partial charge in [-0.2, -0.15) is 0 Å². The van der Waals surface area contributed by atoms with E-state index in [0.717, 1.165) is 24.8 Å². The molecule has 0 saturated heterocycles. The Balaban J connectivity index is 2.22. The predicted molar refractivity (Wildman–Crippen MR) is 102 cm³/mol. The topological polar surface area (TPSA) is 89.3 Å². The molecule has 1 aromatic carbocycles. The van der Waals surface area contributed by atoms with Gasteiger partial charge in [-0.05, 0) is 24.1 Å². The first-order valence-electron chi connectivity index (χ1n) is 9.34. The van der Waals surface area contributed by atoms with Crippen molar-refractivity contribution in [3.63, 3.8) is 0 Å². The average Bonchev–Trinajstić information content (AvgIpc) is 2.60. The Morgan fingerprint density at radius 1 is 0.920 bits per heavy atom. The van der Waals surface area contributed by atoms with Crippen molar-refractivity contribution >= 4 is 15.9 Å². The van der Waals surface area contributed by atoms with Crippen molar-refractivity contribution < 1.29 is 13.2 Å². The number of rotatable bonds is 13. The molecule has 0 heterocycles. The minimum absolute atomic E-state index is 0.0881. The summed E-state index contributed by atoms with van der Waals surface area (Å²) in [5.74, 6) is -0.439. The van der Waals surface area contributed by atoms with Crippen molar-refractivity contribution in [3.8, 4) is 0 Å². The fraction of sp³-hybridized carbons (Fsp3) is 0.632. The predicted octanol–water partition coefficient (Wildman–Crippen LogP) is 3.87. The molecule has 1 amide bonds. The number of carbonyl (C=O) groups is 1. The van der Waals surface area contributed by atoms with E-state index in [1.165, 1.54) is 50.7 Å². The van der Waals surface area contributed by atoms with Gasteiger partial charge in [0.1, 0.15) is 0 Å². The molecule has 0 spiro atoms. The van der Waals surface area contributed by atoms with Gasteiger partial charge in [0, 0.05) is 13.0 Å². The summed E-state index contributed by atoms with van der Waals surface area (Å²) in [6.45, 7) is 2.56. The van der Waals surface area contributed by atoms with Crippen molar-refractivity contribution in [2.75, 3.05) is 0 Å². The summed E-state index contributed by atoms with van der Waals surface area (Å²) in [5, 5.41) is 0. The number of unbranched alkanes of at least 4 members (excludes halogenated alkanes) is 8. The molecule has 0 atom stereocenters. The molecule has 6 heteroatoms. The molecule has 3 N–H and O–H groups in total. The third-order valence-electron chi connectivity index (χ3n) is 4.22. The van der Waals surface area contributed by atoms with Crippen LogP contribution >= 0.6 is 0 Å². The summed E-state index contributed by atoms with van der Waals surface area (Å²) in [7, 11) is -3.79. The molecule has 0 aliphatic heterocycles. The highest BCUT2D eigenvalue weighted by molar-refractivity contribution is 7.90. The van der Waals surface area contributed by atoms with Crippen molar-refractivity contribution in [1.82, 2.24) is 4.72 Å². The molecule has 0 aromatic heterocycles. The Morgan fingerprint density at radius 2 is 1.44 bits per heavy atom. The second-order valence-electron chi connectivity index (χ2n) is 6.46. The van der Waals surface area contributed by atoms with Crippen LogP contribution in [0.25, 0.3) is 0 Å². The highest BCUT2D eigenvalue weighted by Crippen LogP contribution is 2.12.